The summed E-state index contributed by atoms with van der Waals surface area (Å²) >= 11 is 0. The van der Waals surface area contributed by atoms with Crippen LogP contribution < -0.4 is 5.43 Å². The molecule has 0 saturated carbocycles. The van der Waals surface area contributed by atoms with Gasteiger partial charge in [-0.15, -0.1) is 0 Å². The molecule has 24 heavy (non-hydrogen) atoms. The minimum atomic E-state index is -1.18. The second-order valence-electron chi connectivity index (χ2n) is 4.82. The van der Waals surface area contributed by atoms with E-state index in [9.17, 15) is 10.0 Å². The van der Waals surface area contributed by atoms with Gasteiger partial charge in [-0.3, -0.25) is 0 Å². The highest BCUT2D eigenvalue weighted by atomic mass is 17.5. The summed E-state index contributed by atoms with van der Waals surface area (Å²) < 4.78 is 4.20. The zero-order chi connectivity index (χ0) is 18.5. The average molecular weight is 353 g/mol. The number of hydrazine groups is 1. The Labute approximate surface area is 142 Å². The highest BCUT2D eigenvalue weighted by Gasteiger charge is 1.95. The minimum Gasteiger partial charge on any atom is -0.572 e. The van der Waals surface area contributed by atoms with Crippen LogP contribution in [0.5, 0.6) is 0 Å². The minimum absolute atomic E-state index is 0.287. The van der Waals surface area contributed by atoms with Gasteiger partial charge in [0.2, 0.25) is 0 Å². The molecule has 0 amide bonds. The molecule has 0 fully saturated rings. The molecule has 0 atom stereocenters. The van der Waals surface area contributed by atoms with Crippen LogP contribution in [0.2, 0.25) is 0 Å². The van der Waals surface area contributed by atoms with Gasteiger partial charge in [-0.2, -0.15) is 5.43 Å². The Bertz CT molecular complexity index is 304. The summed E-state index contributed by atoms with van der Waals surface area (Å²) in [6.07, 6.45) is 5.20. The smallest absolute Gasteiger partial charge is 0.505 e. The molecule has 10 nitrogen and oxygen atoms in total. The molecule has 3 N–H and O–H groups in total. The highest BCUT2D eigenvalue weighted by molar-refractivity contribution is 5.56. The summed E-state index contributed by atoms with van der Waals surface area (Å²) in [5.41, 5.74) is 2.63. The van der Waals surface area contributed by atoms with Gasteiger partial charge in [0.15, 0.2) is 0 Å². The van der Waals surface area contributed by atoms with E-state index in [2.05, 4.69) is 32.1 Å². The normalized spacial score (nSPS) is 10.7. The van der Waals surface area contributed by atoms with Crippen molar-refractivity contribution < 1.29 is 34.8 Å². The number of unbranched alkanes of at least 4 members (excludes halogenated alkanes) is 4. The van der Waals surface area contributed by atoms with Gasteiger partial charge in [0.05, 0.1) is 19.8 Å². The maximum atomic E-state index is 11.0. The summed E-state index contributed by atoms with van der Waals surface area (Å²) in [6.45, 7) is 5.78. The van der Waals surface area contributed by atoms with Gasteiger partial charge in [-0.05, 0) is 30.8 Å². The number of carbonyl (C=O) groups is 1. The third-order valence-electron chi connectivity index (χ3n) is 2.67. The van der Waals surface area contributed by atoms with Crippen LogP contribution in [0.3, 0.4) is 0 Å². The Kier molecular flexibility index (Phi) is 21.9. The zero-order valence-corrected chi connectivity index (χ0v) is 14.6. The molecule has 10 heteroatoms. The Balaban J connectivity index is 0. The number of nitrogens with zero attached hydrogens (tertiary/aromatic N) is 2. The SMILES string of the molecule is CCCCCN[N+]([O-])=NCCCCOOO.CCCCOC(=O)O. The highest BCUT2D eigenvalue weighted by Crippen LogP contribution is 1.93. The molecule has 0 aliphatic rings. The summed E-state index contributed by atoms with van der Waals surface area (Å²) in [5.74, 6) is 0. The number of ether oxygens (including phenoxy) is 1. The number of carboxylic acid groups (broad SMARTS) is 1. The fourth-order valence-electron chi connectivity index (χ4n) is 1.38. The number of rotatable bonds is 14. The molecule has 0 aromatic carbocycles. The van der Waals surface area contributed by atoms with Crippen molar-refractivity contribution in [3.05, 3.63) is 5.21 Å². The van der Waals surface area contributed by atoms with Crippen molar-refractivity contribution in [1.29, 1.82) is 0 Å². The van der Waals surface area contributed by atoms with E-state index in [1.165, 1.54) is 0 Å². The Morgan fingerprint density at radius 1 is 1.12 bits per heavy atom. The molecule has 0 radical (unpaired) electrons. The Morgan fingerprint density at radius 3 is 2.42 bits per heavy atom. The van der Waals surface area contributed by atoms with Crippen molar-refractivity contribution >= 4 is 6.16 Å². The Hall–Kier alpha value is -1.65. The van der Waals surface area contributed by atoms with E-state index in [1.54, 1.807) is 0 Å². The first kappa shape index (κ1) is 24.6. The summed E-state index contributed by atoms with van der Waals surface area (Å²) in [5, 5.41) is 34.0. The second-order valence-corrected chi connectivity index (χ2v) is 4.82. The second kappa shape index (κ2) is 21.4. The summed E-state index contributed by atoms with van der Waals surface area (Å²) in [6, 6.07) is 0. The van der Waals surface area contributed by atoms with Gasteiger partial charge in [-0.1, -0.05) is 38.1 Å². The van der Waals surface area contributed by atoms with Gasteiger partial charge in [-0.25, -0.2) is 14.9 Å². The van der Waals surface area contributed by atoms with Gasteiger partial charge in [0.25, 0.3) is 0 Å². The fourth-order valence-corrected chi connectivity index (χ4v) is 1.38. The van der Waals surface area contributed by atoms with Crippen LogP contribution in [0.25, 0.3) is 0 Å². The molecule has 0 aromatic rings. The van der Waals surface area contributed by atoms with Crippen molar-refractivity contribution in [3.8, 4) is 0 Å². The lowest BCUT2D eigenvalue weighted by Gasteiger charge is -2.02. The number of nitrogens with one attached hydrogen (secondary N) is 1. The van der Waals surface area contributed by atoms with Crippen molar-refractivity contribution in [2.75, 3.05) is 26.3 Å². The average Bonchev–Trinajstić information content (AvgIpc) is 2.55. The first-order chi connectivity index (χ1) is 11.6. The fraction of sp³-hybridized carbons (Fsp3) is 0.929. The number of hydrogen-bond acceptors (Lipinski definition) is 7. The molecule has 0 aromatic heterocycles. The summed E-state index contributed by atoms with van der Waals surface area (Å²) in [4.78, 5) is 14.4. The number of hydrogen-bond donors (Lipinski definition) is 3. The van der Waals surface area contributed by atoms with Crippen LogP contribution in [-0.4, -0.2) is 47.8 Å². The molecule has 0 aliphatic carbocycles. The maximum absolute atomic E-state index is 11.0. The molecule has 0 unspecified atom stereocenters. The van der Waals surface area contributed by atoms with Gasteiger partial charge < -0.3 is 15.1 Å². The zero-order valence-electron chi connectivity index (χ0n) is 14.6. The van der Waals surface area contributed by atoms with Crippen LogP contribution in [-0.2, 0) is 14.7 Å². The topological polar surface area (TPSA) is 136 Å². The molecule has 0 spiro atoms. The van der Waals surface area contributed by atoms with Crippen molar-refractivity contribution in [1.82, 2.24) is 5.43 Å². The molecular formula is C14H31N3O7. The van der Waals surface area contributed by atoms with E-state index in [1.807, 2.05) is 6.92 Å². The van der Waals surface area contributed by atoms with Crippen LogP contribution in [0.15, 0.2) is 5.11 Å². The lowest BCUT2D eigenvalue weighted by molar-refractivity contribution is -0.590. The predicted molar refractivity (Wildman–Crippen MR) is 86.2 cm³/mol. The van der Waals surface area contributed by atoms with Crippen LogP contribution in [0.1, 0.15) is 58.8 Å². The van der Waals surface area contributed by atoms with E-state index >= 15 is 0 Å². The molecule has 0 bridgehead atoms. The lowest BCUT2D eigenvalue weighted by atomic mass is 10.3. The molecule has 144 valence electrons. The third kappa shape index (κ3) is 25.3. The third-order valence-corrected chi connectivity index (χ3v) is 2.67. The quantitative estimate of drug-likeness (QED) is 0.108. The molecule has 0 saturated heterocycles. The van der Waals surface area contributed by atoms with Gasteiger partial charge in [0, 0.05) is 4.97 Å². The predicted octanol–water partition coefficient (Wildman–Crippen LogP) is 3.33. The van der Waals surface area contributed by atoms with Crippen LogP contribution >= 0.6 is 0 Å². The van der Waals surface area contributed by atoms with Crippen LogP contribution in [0.4, 0.5) is 4.79 Å². The van der Waals surface area contributed by atoms with Crippen molar-refractivity contribution in [2.45, 2.75) is 58.8 Å². The van der Waals surface area contributed by atoms with E-state index in [0.29, 0.717) is 37.5 Å². The first-order valence-electron chi connectivity index (χ1n) is 8.25. The van der Waals surface area contributed by atoms with E-state index in [0.717, 1.165) is 32.1 Å². The molecular weight excluding hydrogens is 322 g/mol. The van der Waals surface area contributed by atoms with E-state index in [4.69, 9.17) is 10.4 Å². The monoisotopic (exact) mass is 353 g/mol. The summed E-state index contributed by atoms with van der Waals surface area (Å²) in [7, 11) is 0. The standard InChI is InChI=1S/C9H21N3O4.C5H10O3/c1-2-3-4-7-10-12(13)11-8-5-6-9-15-16-14;1-2-3-4-8-5(6)7/h14H,2-9H2,1H3,(H,10,11);2-4H2,1H3,(H,6,7). The first-order valence-corrected chi connectivity index (χ1v) is 8.25. The van der Waals surface area contributed by atoms with Gasteiger partial charge >= 0.3 is 6.16 Å². The molecule has 0 heterocycles. The van der Waals surface area contributed by atoms with E-state index < -0.39 is 6.16 Å². The largest absolute Gasteiger partial charge is 0.572 e. The van der Waals surface area contributed by atoms with Crippen molar-refractivity contribution in [2.24, 2.45) is 5.11 Å². The Morgan fingerprint density at radius 2 is 1.83 bits per heavy atom. The molecule has 0 aliphatic heterocycles. The van der Waals surface area contributed by atoms with Crippen molar-refractivity contribution in [3.63, 3.8) is 0 Å². The lowest BCUT2D eigenvalue weighted by Crippen LogP contribution is -2.24. The van der Waals surface area contributed by atoms with Crippen LogP contribution in [0, 0.1) is 5.21 Å². The van der Waals surface area contributed by atoms with Gasteiger partial charge in [0.1, 0.15) is 6.54 Å². The maximum Gasteiger partial charge on any atom is 0.505 e. The van der Waals surface area contributed by atoms with E-state index in [-0.39, 0.29) is 6.61 Å². The molecule has 0 rings (SSSR count).